The molecule has 0 amide bonds. The van der Waals surface area contributed by atoms with Crippen LogP contribution in [0.4, 0.5) is 5.69 Å². The second-order valence-corrected chi connectivity index (χ2v) is 11.7. The third-order valence-corrected chi connectivity index (χ3v) is 7.94. The van der Waals surface area contributed by atoms with Gasteiger partial charge in [-0.2, -0.15) is 0 Å². The molecule has 0 saturated carbocycles. The monoisotopic (exact) mass is 731 g/mol. The largest absolute Gasteiger partial charge is 2.00 e. The van der Waals surface area contributed by atoms with Gasteiger partial charge in [0.25, 0.3) is 0 Å². The van der Waals surface area contributed by atoms with Gasteiger partial charge in [0.2, 0.25) is 6.71 Å². The number of hydrogen-bond donors (Lipinski definition) is 1. The minimum absolute atomic E-state index is 0. The minimum Gasteiger partial charge on any atom is -0.361 e. The summed E-state index contributed by atoms with van der Waals surface area (Å²) in [5.74, 6) is 0. The standard InChI is InChI=1S/C28H33BN2.C7H16N2.Pt/c1-19-13-21(3)27(22(4)14-19)29(28-23(5)15-20(2)16-24(28)6)25-9-8-10-26(17-25)31-12-11-30(7)18-31;1-6(8-3)5-7(2)9-4;/h8-17H,18H2,1-7H3;6,8H,5H2,1-4H3;/q;;+2. The summed E-state index contributed by atoms with van der Waals surface area (Å²) in [5.41, 5.74) is 14.8. The van der Waals surface area contributed by atoms with E-state index in [0.717, 1.165) is 13.1 Å². The fraction of sp³-hybridized carbons (Fsp3) is 0.400. The molecule has 0 radical (unpaired) electrons. The predicted octanol–water partition coefficient (Wildman–Crippen LogP) is 5.31. The average Bonchev–Trinajstić information content (AvgIpc) is 3.33. The van der Waals surface area contributed by atoms with E-state index in [2.05, 4.69) is 137 Å². The molecule has 1 heterocycles. The van der Waals surface area contributed by atoms with Crippen molar-refractivity contribution in [3.05, 3.63) is 94.3 Å². The number of aryl methyl sites for hydroxylation is 6. The van der Waals surface area contributed by atoms with Crippen LogP contribution in [0.1, 0.15) is 53.6 Å². The molecule has 4 nitrogen and oxygen atoms in total. The predicted molar refractivity (Wildman–Crippen MR) is 179 cm³/mol. The normalized spacial score (nSPS) is 13.5. The van der Waals surface area contributed by atoms with Crippen molar-refractivity contribution in [2.45, 2.75) is 67.9 Å². The molecule has 220 valence electrons. The quantitative estimate of drug-likeness (QED) is 0.265. The third-order valence-electron chi connectivity index (χ3n) is 7.94. The summed E-state index contributed by atoms with van der Waals surface area (Å²) in [5, 5.41) is 3.15. The first-order valence-electron chi connectivity index (χ1n) is 14.4. The van der Waals surface area contributed by atoms with Crippen LogP contribution >= 0.6 is 0 Å². The number of aliphatic imine (C=N–C) groups is 1. The van der Waals surface area contributed by atoms with Crippen molar-refractivity contribution in [1.82, 2.24) is 10.2 Å². The van der Waals surface area contributed by atoms with Gasteiger partial charge in [0, 0.05) is 50.4 Å². The maximum atomic E-state index is 4.05. The zero-order chi connectivity index (χ0) is 29.6. The second-order valence-electron chi connectivity index (χ2n) is 11.7. The van der Waals surface area contributed by atoms with Gasteiger partial charge in [-0.15, -0.1) is 0 Å². The molecule has 0 aliphatic carbocycles. The van der Waals surface area contributed by atoms with E-state index < -0.39 is 0 Å². The average molecular weight is 732 g/mol. The molecular weight excluding hydrogens is 682 g/mol. The van der Waals surface area contributed by atoms with E-state index in [-0.39, 0.29) is 27.8 Å². The second kappa shape index (κ2) is 15.6. The number of benzene rings is 3. The fourth-order valence-corrected chi connectivity index (χ4v) is 5.99. The van der Waals surface area contributed by atoms with Crippen molar-refractivity contribution in [3.8, 4) is 0 Å². The zero-order valence-corrected chi connectivity index (χ0v) is 29.3. The number of nitrogens with one attached hydrogen (secondary N) is 1. The molecule has 0 fully saturated rings. The first-order valence-corrected chi connectivity index (χ1v) is 14.4. The molecule has 41 heavy (non-hydrogen) atoms. The molecule has 0 saturated heterocycles. The van der Waals surface area contributed by atoms with Crippen LogP contribution in [0.2, 0.25) is 0 Å². The Bertz CT molecular complexity index is 1280. The Balaban J connectivity index is 0.000000511. The maximum absolute atomic E-state index is 4.05. The molecule has 3 aromatic rings. The molecule has 1 atom stereocenters. The zero-order valence-electron chi connectivity index (χ0n) is 27.0. The summed E-state index contributed by atoms with van der Waals surface area (Å²) < 4.78 is 0. The van der Waals surface area contributed by atoms with E-state index in [4.69, 9.17) is 0 Å². The van der Waals surface area contributed by atoms with Crippen LogP contribution in [0.5, 0.6) is 0 Å². The van der Waals surface area contributed by atoms with Gasteiger partial charge < -0.3 is 15.1 Å². The Hall–Kier alpha value is -2.62. The van der Waals surface area contributed by atoms with Crippen molar-refractivity contribution in [2.75, 3.05) is 32.7 Å². The van der Waals surface area contributed by atoms with Gasteiger partial charge in [-0.25, -0.2) is 0 Å². The van der Waals surface area contributed by atoms with E-state index in [1.807, 2.05) is 21.0 Å². The number of anilines is 1. The van der Waals surface area contributed by atoms with Crippen molar-refractivity contribution in [1.29, 1.82) is 0 Å². The SMILES string of the molecule is CN=C(C)CC(C)NC.Cc1cc(C)c(B(c2cccc(N3C=CN(C)C3)c2)c2c(C)cc(C)cc2C)c(C)c1.[Pt+2]. The van der Waals surface area contributed by atoms with E-state index in [9.17, 15) is 0 Å². The van der Waals surface area contributed by atoms with Crippen molar-refractivity contribution >= 4 is 34.5 Å². The van der Waals surface area contributed by atoms with Crippen molar-refractivity contribution in [2.24, 2.45) is 4.99 Å². The summed E-state index contributed by atoms with van der Waals surface area (Å²) in [4.78, 5) is 8.56. The van der Waals surface area contributed by atoms with Gasteiger partial charge >= 0.3 is 21.1 Å². The molecule has 1 aliphatic rings. The van der Waals surface area contributed by atoms with Crippen LogP contribution < -0.4 is 26.6 Å². The molecule has 0 aromatic heterocycles. The first kappa shape index (κ1) is 34.6. The number of hydrogen-bond acceptors (Lipinski definition) is 4. The van der Waals surface area contributed by atoms with E-state index in [1.165, 1.54) is 61.2 Å². The van der Waals surface area contributed by atoms with Gasteiger partial charge in [-0.1, -0.05) is 86.2 Å². The van der Waals surface area contributed by atoms with Crippen LogP contribution in [0, 0.1) is 41.5 Å². The molecule has 6 heteroatoms. The topological polar surface area (TPSA) is 30.9 Å². The molecule has 1 aliphatic heterocycles. The first-order chi connectivity index (χ1) is 18.9. The van der Waals surface area contributed by atoms with Crippen molar-refractivity contribution in [3.63, 3.8) is 0 Å². The van der Waals surface area contributed by atoms with E-state index in [1.54, 1.807) is 0 Å². The Morgan fingerprint density at radius 3 is 1.80 bits per heavy atom. The van der Waals surface area contributed by atoms with Crippen LogP contribution in [0.25, 0.3) is 0 Å². The molecule has 0 spiro atoms. The summed E-state index contributed by atoms with van der Waals surface area (Å²) in [6.45, 7) is 18.8. The summed E-state index contributed by atoms with van der Waals surface area (Å²) in [7, 11) is 5.91. The Kier molecular flexibility index (Phi) is 13.1. The van der Waals surface area contributed by atoms with Gasteiger partial charge in [0.1, 0.15) is 0 Å². The molecule has 1 N–H and O–H groups in total. The molecule has 3 aromatic carbocycles. The van der Waals surface area contributed by atoms with Gasteiger partial charge in [-0.3, -0.25) is 4.99 Å². The number of rotatable bonds is 7. The van der Waals surface area contributed by atoms with Crippen LogP contribution in [0.3, 0.4) is 0 Å². The fourth-order valence-electron chi connectivity index (χ4n) is 5.99. The van der Waals surface area contributed by atoms with Crippen LogP contribution in [0.15, 0.2) is 65.9 Å². The molecule has 4 rings (SSSR count). The molecule has 0 bridgehead atoms. The summed E-state index contributed by atoms with van der Waals surface area (Å²) in [6.07, 6.45) is 5.35. The van der Waals surface area contributed by atoms with Crippen LogP contribution in [-0.4, -0.2) is 51.2 Å². The van der Waals surface area contributed by atoms with Gasteiger partial charge in [0.05, 0.1) is 6.67 Å². The maximum Gasteiger partial charge on any atom is 2.00 e. The smallest absolute Gasteiger partial charge is 0.361 e. The minimum atomic E-state index is 0. The molecular formula is C35H49BN4Pt+2. The number of nitrogens with zero attached hydrogens (tertiary/aromatic N) is 3. The van der Waals surface area contributed by atoms with Crippen LogP contribution in [-0.2, 0) is 21.1 Å². The third kappa shape index (κ3) is 8.93. The van der Waals surface area contributed by atoms with Crippen molar-refractivity contribution < 1.29 is 21.1 Å². The Labute approximate surface area is 264 Å². The molecule has 1 unspecified atom stereocenters. The summed E-state index contributed by atoms with van der Waals surface area (Å²) >= 11 is 0. The van der Waals surface area contributed by atoms with Gasteiger partial charge in [-0.05, 0) is 74.6 Å². The van der Waals surface area contributed by atoms with E-state index in [0.29, 0.717) is 6.04 Å². The Morgan fingerprint density at radius 1 is 0.878 bits per heavy atom. The van der Waals surface area contributed by atoms with E-state index >= 15 is 0 Å². The Morgan fingerprint density at radius 2 is 1.39 bits per heavy atom. The van der Waals surface area contributed by atoms with Gasteiger partial charge in [0.15, 0.2) is 0 Å². The summed E-state index contributed by atoms with van der Waals surface area (Å²) in [6, 6.07) is 19.0.